The molecule has 4 N–H and O–H groups in total. The molecule has 0 saturated carbocycles. The zero-order valence-electron chi connectivity index (χ0n) is 22.5. The zero-order chi connectivity index (χ0) is 28.6. The van der Waals surface area contributed by atoms with Crippen LogP contribution in [0.5, 0.6) is 5.75 Å². The van der Waals surface area contributed by atoms with E-state index in [0.717, 1.165) is 31.8 Å². The number of benzene rings is 1. The molecule has 1 unspecified atom stereocenters. The standard InChI is InChI=1S/C25H35F3N8O3/c1-5-36-12-10-24(16-36,21(37)29-11-13-35(3)4)15-30-20-14-17(2)31-22(33-20)34-23(38)32-18-6-8-19(9-7-18)39-25(26,27)28/h6-9,14H,5,10-13,15-16H2,1-4H3,(H,29,37)(H3,30,31,32,33,34,38). The summed E-state index contributed by atoms with van der Waals surface area (Å²) in [4.78, 5) is 38.5. The first-order chi connectivity index (χ1) is 18.4. The van der Waals surface area contributed by atoms with Crippen molar-refractivity contribution in [2.24, 2.45) is 5.41 Å². The molecule has 214 valence electrons. The maximum Gasteiger partial charge on any atom is 0.573 e. The Bertz CT molecular complexity index is 1130. The summed E-state index contributed by atoms with van der Waals surface area (Å²) in [6.45, 7) is 7.73. The number of nitrogens with one attached hydrogen (secondary N) is 4. The van der Waals surface area contributed by atoms with Crippen molar-refractivity contribution in [3.05, 3.63) is 36.0 Å². The van der Waals surface area contributed by atoms with Gasteiger partial charge in [0.2, 0.25) is 11.9 Å². The Morgan fingerprint density at radius 3 is 2.49 bits per heavy atom. The lowest BCUT2D eigenvalue weighted by atomic mass is 9.85. The number of nitrogens with zero attached hydrogens (tertiary/aromatic N) is 4. The fraction of sp³-hybridized carbons (Fsp3) is 0.520. The minimum atomic E-state index is -4.80. The van der Waals surface area contributed by atoms with Gasteiger partial charge in [0.05, 0.1) is 5.41 Å². The maximum atomic E-state index is 13.2. The molecular weight excluding hydrogens is 517 g/mol. The van der Waals surface area contributed by atoms with Crippen molar-refractivity contribution >= 4 is 29.4 Å². The van der Waals surface area contributed by atoms with Gasteiger partial charge >= 0.3 is 12.4 Å². The summed E-state index contributed by atoms with van der Waals surface area (Å²) >= 11 is 0. The van der Waals surface area contributed by atoms with Gasteiger partial charge in [-0.1, -0.05) is 6.92 Å². The molecule has 11 nitrogen and oxygen atoms in total. The summed E-state index contributed by atoms with van der Waals surface area (Å²) in [5.74, 6) is 0.0580. The molecule has 1 atom stereocenters. The van der Waals surface area contributed by atoms with E-state index in [1.165, 1.54) is 12.1 Å². The van der Waals surface area contributed by atoms with Crippen LogP contribution in [0.25, 0.3) is 0 Å². The van der Waals surface area contributed by atoms with Gasteiger partial charge in [0.25, 0.3) is 0 Å². The number of ether oxygens (including phenoxy) is 1. The van der Waals surface area contributed by atoms with Crippen molar-refractivity contribution < 1.29 is 27.5 Å². The first-order valence-electron chi connectivity index (χ1n) is 12.6. The second-order valence-corrected chi connectivity index (χ2v) is 9.68. The average molecular weight is 553 g/mol. The molecular formula is C25H35F3N8O3. The summed E-state index contributed by atoms with van der Waals surface area (Å²) in [5, 5.41) is 11.3. The Balaban J connectivity index is 1.63. The largest absolute Gasteiger partial charge is 0.573 e. The Hall–Kier alpha value is -3.65. The minimum absolute atomic E-state index is 0.0112. The highest BCUT2D eigenvalue weighted by molar-refractivity contribution is 5.98. The highest BCUT2D eigenvalue weighted by atomic mass is 19.4. The van der Waals surface area contributed by atoms with Crippen LogP contribution in [0.2, 0.25) is 0 Å². The van der Waals surface area contributed by atoms with Gasteiger partial charge in [0.15, 0.2) is 0 Å². The lowest BCUT2D eigenvalue weighted by Gasteiger charge is -2.29. The molecule has 2 aromatic rings. The highest BCUT2D eigenvalue weighted by Crippen LogP contribution is 2.31. The van der Waals surface area contributed by atoms with Crippen molar-refractivity contribution in [1.29, 1.82) is 0 Å². The van der Waals surface area contributed by atoms with Crippen molar-refractivity contribution in [3.63, 3.8) is 0 Å². The van der Waals surface area contributed by atoms with E-state index >= 15 is 0 Å². The molecule has 14 heteroatoms. The van der Waals surface area contributed by atoms with E-state index in [1.807, 2.05) is 19.0 Å². The number of hydrogen-bond acceptors (Lipinski definition) is 8. The van der Waals surface area contributed by atoms with Gasteiger partial charge in [-0.25, -0.2) is 9.78 Å². The van der Waals surface area contributed by atoms with Crippen LogP contribution in [0.15, 0.2) is 30.3 Å². The third-order valence-corrected chi connectivity index (χ3v) is 6.24. The smallest absolute Gasteiger partial charge is 0.406 e. The summed E-state index contributed by atoms with van der Waals surface area (Å²) in [7, 11) is 3.90. The average Bonchev–Trinajstić information content (AvgIpc) is 3.27. The van der Waals surface area contributed by atoms with E-state index in [1.54, 1.807) is 13.0 Å². The molecule has 39 heavy (non-hydrogen) atoms. The minimum Gasteiger partial charge on any atom is -0.406 e. The first-order valence-corrected chi connectivity index (χ1v) is 12.6. The summed E-state index contributed by atoms with van der Waals surface area (Å²) in [6.07, 6.45) is -4.10. The van der Waals surface area contributed by atoms with Gasteiger partial charge in [-0.15, -0.1) is 13.2 Å². The van der Waals surface area contributed by atoms with Crippen LogP contribution < -0.4 is 26.0 Å². The molecule has 0 aliphatic carbocycles. The van der Waals surface area contributed by atoms with E-state index in [9.17, 15) is 22.8 Å². The van der Waals surface area contributed by atoms with E-state index in [4.69, 9.17) is 0 Å². The molecule has 1 aromatic carbocycles. The van der Waals surface area contributed by atoms with Gasteiger partial charge < -0.3 is 30.5 Å². The number of likely N-dealkylation sites (N-methyl/N-ethyl adjacent to an activating group) is 1. The van der Waals surface area contributed by atoms with Crippen LogP contribution in [-0.2, 0) is 4.79 Å². The molecule has 1 aromatic heterocycles. The van der Waals surface area contributed by atoms with Gasteiger partial charge in [-0.2, -0.15) is 4.98 Å². The topological polar surface area (TPSA) is 124 Å². The number of amides is 3. The number of aromatic nitrogens is 2. The second-order valence-electron chi connectivity index (χ2n) is 9.68. The zero-order valence-corrected chi connectivity index (χ0v) is 22.5. The Labute approximate surface area is 225 Å². The number of halogens is 3. The quantitative estimate of drug-likeness (QED) is 0.335. The lowest BCUT2D eigenvalue weighted by Crippen LogP contribution is -2.48. The van der Waals surface area contributed by atoms with Crippen molar-refractivity contribution in [1.82, 2.24) is 25.1 Å². The van der Waals surface area contributed by atoms with Crippen LogP contribution in [0, 0.1) is 12.3 Å². The summed E-state index contributed by atoms with van der Waals surface area (Å²) in [5.41, 5.74) is 0.202. The number of hydrogen-bond donors (Lipinski definition) is 4. The molecule has 1 saturated heterocycles. The molecule has 0 bridgehead atoms. The van der Waals surface area contributed by atoms with Crippen LogP contribution in [0.3, 0.4) is 0 Å². The van der Waals surface area contributed by atoms with Gasteiger partial charge in [0.1, 0.15) is 11.6 Å². The number of urea groups is 1. The molecule has 1 aliphatic heterocycles. The Kier molecular flexibility index (Phi) is 9.92. The number of anilines is 3. The van der Waals surface area contributed by atoms with Gasteiger partial charge in [-0.3, -0.25) is 10.1 Å². The number of alkyl halides is 3. The number of carbonyl (C=O) groups excluding carboxylic acids is 2. The van der Waals surface area contributed by atoms with Crippen LogP contribution in [0.1, 0.15) is 19.0 Å². The van der Waals surface area contributed by atoms with E-state index in [2.05, 4.69) is 47.8 Å². The van der Waals surface area contributed by atoms with Crippen molar-refractivity contribution in [3.8, 4) is 5.75 Å². The molecule has 1 fully saturated rings. The number of likely N-dealkylation sites (tertiary alicyclic amines) is 1. The molecule has 3 amide bonds. The van der Waals surface area contributed by atoms with Crippen LogP contribution in [0.4, 0.5) is 35.4 Å². The van der Waals surface area contributed by atoms with E-state index in [-0.39, 0.29) is 17.5 Å². The van der Waals surface area contributed by atoms with E-state index in [0.29, 0.717) is 37.6 Å². The van der Waals surface area contributed by atoms with Gasteiger partial charge in [0, 0.05) is 43.6 Å². The van der Waals surface area contributed by atoms with Gasteiger partial charge in [-0.05, 0) is 64.8 Å². The maximum absolute atomic E-state index is 13.2. The predicted octanol–water partition coefficient (Wildman–Crippen LogP) is 3.13. The number of rotatable bonds is 11. The molecule has 1 aliphatic rings. The number of aryl methyl sites for hydroxylation is 1. The molecule has 3 rings (SSSR count). The molecule has 0 spiro atoms. The summed E-state index contributed by atoms with van der Waals surface area (Å²) < 4.78 is 40.8. The lowest BCUT2D eigenvalue weighted by molar-refractivity contribution is -0.274. The summed E-state index contributed by atoms with van der Waals surface area (Å²) in [6, 6.07) is 5.76. The van der Waals surface area contributed by atoms with Crippen molar-refractivity contribution in [2.75, 3.05) is 69.3 Å². The Morgan fingerprint density at radius 1 is 1.15 bits per heavy atom. The second kappa shape index (κ2) is 12.9. The van der Waals surface area contributed by atoms with Crippen LogP contribution in [-0.4, -0.2) is 91.4 Å². The molecule has 0 radical (unpaired) electrons. The Morgan fingerprint density at radius 2 is 1.87 bits per heavy atom. The first kappa shape index (κ1) is 29.9. The number of carbonyl (C=O) groups is 2. The highest BCUT2D eigenvalue weighted by Gasteiger charge is 2.44. The third-order valence-electron chi connectivity index (χ3n) is 6.24. The fourth-order valence-electron chi connectivity index (χ4n) is 4.20. The fourth-order valence-corrected chi connectivity index (χ4v) is 4.20. The van der Waals surface area contributed by atoms with Crippen LogP contribution >= 0.6 is 0 Å². The molecule has 2 heterocycles. The third kappa shape index (κ3) is 9.25. The van der Waals surface area contributed by atoms with E-state index < -0.39 is 23.6 Å². The SMILES string of the molecule is CCN1CCC(CNc2cc(C)nc(NC(=O)Nc3ccc(OC(F)(F)F)cc3)n2)(C(=O)NCCN(C)C)C1. The monoisotopic (exact) mass is 552 g/mol. The normalized spacial score (nSPS) is 17.6. The van der Waals surface area contributed by atoms with Crippen molar-refractivity contribution in [2.45, 2.75) is 26.6 Å². The predicted molar refractivity (Wildman–Crippen MR) is 142 cm³/mol.